The van der Waals surface area contributed by atoms with Crippen molar-refractivity contribution in [3.05, 3.63) is 11.9 Å². The van der Waals surface area contributed by atoms with E-state index in [4.69, 9.17) is 10.6 Å². The van der Waals surface area contributed by atoms with Crippen LogP contribution in [-0.4, -0.2) is 22.6 Å². The van der Waals surface area contributed by atoms with Gasteiger partial charge < -0.3 is 15.5 Å². The highest BCUT2D eigenvalue weighted by Gasteiger charge is 2.65. The number of hydrazine groups is 1. The highest BCUT2D eigenvalue weighted by atomic mass is 16.5. The van der Waals surface area contributed by atoms with Gasteiger partial charge in [-0.2, -0.15) is 0 Å². The first-order chi connectivity index (χ1) is 10.3. The zero-order chi connectivity index (χ0) is 14.4. The Balaban J connectivity index is 1.47. The number of hydrogen-bond donors (Lipinski definition) is 3. The van der Waals surface area contributed by atoms with Crippen molar-refractivity contribution in [2.75, 3.05) is 17.3 Å². The second-order valence-electron chi connectivity index (χ2n) is 6.49. The van der Waals surface area contributed by atoms with Crippen molar-refractivity contribution >= 4 is 11.6 Å². The third-order valence-corrected chi connectivity index (χ3v) is 5.41. The van der Waals surface area contributed by atoms with E-state index >= 15 is 0 Å². The molecule has 0 radical (unpaired) electrons. The van der Waals surface area contributed by atoms with Gasteiger partial charge >= 0.3 is 0 Å². The van der Waals surface area contributed by atoms with Crippen LogP contribution in [0, 0.1) is 23.7 Å². The monoisotopic (exact) mass is 289 g/mol. The highest BCUT2D eigenvalue weighted by molar-refractivity contribution is 5.49. The first-order valence-corrected chi connectivity index (χ1v) is 7.99. The van der Waals surface area contributed by atoms with Gasteiger partial charge in [-0.15, -0.1) is 0 Å². The van der Waals surface area contributed by atoms with Crippen molar-refractivity contribution in [2.45, 2.75) is 38.8 Å². The van der Waals surface area contributed by atoms with Crippen molar-refractivity contribution < 1.29 is 4.74 Å². The van der Waals surface area contributed by atoms with Crippen LogP contribution in [0.25, 0.3) is 0 Å². The standard InChI is InChI=1S/C15H23N5O/c1-2-21-7-12-17-10(6-11(18-12)20-16)19-15-13-8-3-4-9(5-8)14(13)15/h6,8-9,13-15H,2-5,7,16H2,1H3,(H2,17,18,19,20). The minimum atomic E-state index is 0.420. The fourth-order valence-corrected chi connectivity index (χ4v) is 4.59. The number of ether oxygens (including phenoxy) is 1. The van der Waals surface area contributed by atoms with E-state index in [9.17, 15) is 0 Å². The molecule has 4 atom stereocenters. The maximum atomic E-state index is 5.50. The Labute approximate surface area is 124 Å². The lowest BCUT2D eigenvalue weighted by Gasteiger charge is -2.13. The normalized spacial score (nSPS) is 35.6. The van der Waals surface area contributed by atoms with E-state index in [0.29, 0.717) is 30.9 Å². The minimum Gasteiger partial charge on any atom is -0.374 e. The summed E-state index contributed by atoms with van der Waals surface area (Å²) in [6, 6.07) is 2.49. The van der Waals surface area contributed by atoms with Gasteiger partial charge in [-0.1, -0.05) is 0 Å². The van der Waals surface area contributed by atoms with E-state index in [1.54, 1.807) is 0 Å². The molecule has 3 aliphatic carbocycles. The number of aromatic nitrogens is 2. The summed E-state index contributed by atoms with van der Waals surface area (Å²) in [4.78, 5) is 8.87. The van der Waals surface area contributed by atoms with Crippen LogP contribution in [0.3, 0.4) is 0 Å². The molecule has 6 nitrogen and oxygen atoms in total. The van der Waals surface area contributed by atoms with E-state index in [1.807, 2.05) is 13.0 Å². The van der Waals surface area contributed by atoms with Gasteiger partial charge in [0.1, 0.15) is 18.2 Å². The maximum absolute atomic E-state index is 5.50. The zero-order valence-corrected chi connectivity index (χ0v) is 12.4. The summed E-state index contributed by atoms with van der Waals surface area (Å²) < 4.78 is 5.39. The molecule has 0 aliphatic heterocycles. The quantitative estimate of drug-likeness (QED) is 0.546. The molecule has 3 aliphatic rings. The molecule has 114 valence electrons. The number of nitrogens with two attached hydrogens (primary N) is 1. The Morgan fingerprint density at radius 3 is 2.62 bits per heavy atom. The summed E-state index contributed by atoms with van der Waals surface area (Å²) in [7, 11) is 0. The van der Waals surface area contributed by atoms with Crippen LogP contribution >= 0.6 is 0 Å². The summed E-state index contributed by atoms with van der Waals surface area (Å²) >= 11 is 0. The molecule has 4 unspecified atom stereocenters. The van der Waals surface area contributed by atoms with Crippen molar-refractivity contribution in [3.63, 3.8) is 0 Å². The molecule has 3 saturated carbocycles. The summed E-state index contributed by atoms with van der Waals surface area (Å²) in [5.41, 5.74) is 2.61. The van der Waals surface area contributed by atoms with Gasteiger partial charge in [0.05, 0.1) is 0 Å². The van der Waals surface area contributed by atoms with Crippen LogP contribution in [0.4, 0.5) is 11.6 Å². The Kier molecular flexibility index (Phi) is 3.23. The van der Waals surface area contributed by atoms with Crippen LogP contribution in [0.2, 0.25) is 0 Å². The van der Waals surface area contributed by atoms with Crippen molar-refractivity contribution in [2.24, 2.45) is 29.5 Å². The Morgan fingerprint density at radius 2 is 1.95 bits per heavy atom. The predicted octanol–water partition coefficient (Wildman–Crippen LogP) is 1.76. The van der Waals surface area contributed by atoms with E-state index in [1.165, 1.54) is 19.3 Å². The molecule has 3 fully saturated rings. The third kappa shape index (κ3) is 2.26. The number of anilines is 2. The molecule has 1 aromatic rings. The Bertz CT molecular complexity index is 521. The number of hydrogen-bond acceptors (Lipinski definition) is 6. The SMILES string of the molecule is CCOCc1nc(NN)cc(NC2C3C4CCC(C4)C23)n1. The smallest absolute Gasteiger partial charge is 0.158 e. The molecule has 2 bridgehead atoms. The highest BCUT2D eigenvalue weighted by Crippen LogP contribution is 2.66. The van der Waals surface area contributed by atoms with Gasteiger partial charge in [-0.25, -0.2) is 15.8 Å². The molecule has 0 aromatic carbocycles. The molecule has 4 N–H and O–H groups in total. The molecule has 0 amide bonds. The molecular weight excluding hydrogens is 266 g/mol. The summed E-state index contributed by atoms with van der Waals surface area (Å²) in [6.45, 7) is 3.04. The fourth-order valence-electron chi connectivity index (χ4n) is 4.59. The molecule has 0 spiro atoms. The first-order valence-electron chi connectivity index (χ1n) is 7.99. The average Bonchev–Trinajstić information content (AvgIpc) is 2.89. The molecule has 1 aromatic heterocycles. The number of nitrogen functional groups attached to an aromatic ring is 1. The lowest BCUT2D eigenvalue weighted by atomic mass is 10.0. The topological polar surface area (TPSA) is 85.1 Å². The summed E-state index contributed by atoms with van der Waals surface area (Å²) in [6.07, 6.45) is 4.32. The number of rotatable bonds is 6. The predicted molar refractivity (Wildman–Crippen MR) is 80.4 cm³/mol. The Hall–Kier alpha value is -1.40. The van der Waals surface area contributed by atoms with Gasteiger partial charge in [-0.3, -0.25) is 0 Å². The second kappa shape index (κ2) is 5.10. The van der Waals surface area contributed by atoms with Gasteiger partial charge in [0.2, 0.25) is 0 Å². The van der Waals surface area contributed by atoms with Crippen LogP contribution < -0.4 is 16.6 Å². The van der Waals surface area contributed by atoms with Crippen LogP contribution in [-0.2, 0) is 11.3 Å². The van der Waals surface area contributed by atoms with Gasteiger partial charge in [-0.05, 0) is 49.9 Å². The number of nitrogens with one attached hydrogen (secondary N) is 2. The molecular formula is C15H23N5O. The van der Waals surface area contributed by atoms with E-state index < -0.39 is 0 Å². The first kappa shape index (κ1) is 13.3. The van der Waals surface area contributed by atoms with Crippen molar-refractivity contribution in [3.8, 4) is 0 Å². The van der Waals surface area contributed by atoms with E-state index in [-0.39, 0.29) is 0 Å². The van der Waals surface area contributed by atoms with Crippen molar-refractivity contribution in [1.82, 2.24) is 9.97 Å². The lowest BCUT2D eigenvalue weighted by Crippen LogP contribution is -2.16. The third-order valence-electron chi connectivity index (χ3n) is 5.41. The van der Waals surface area contributed by atoms with Gasteiger partial charge in [0.15, 0.2) is 5.82 Å². The number of nitrogens with zero attached hydrogens (tertiary/aromatic N) is 2. The minimum absolute atomic E-state index is 0.420. The van der Waals surface area contributed by atoms with E-state index in [0.717, 1.165) is 29.5 Å². The molecule has 4 rings (SSSR count). The zero-order valence-electron chi connectivity index (χ0n) is 12.4. The summed E-state index contributed by atoms with van der Waals surface area (Å²) in [5.74, 6) is 11.3. The van der Waals surface area contributed by atoms with Crippen LogP contribution in [0.1, 0.15) is 32.0 Å². The van der Waals surface area contributed by atoms with E-state index in [2.05, 4.69) is 20.7 Å². The fraction of sp³-hybridized carbons (Fsp3) is 0.733. The molecule has 6 heteroatoms. The second-order valence-corrected chi connectivity index (χ2v) is 6.49. The van der Waals surface area contributed by atoms with Crippen LogP contribution in [0.5, 0.6) is 0 Å². The largest absolute Gasteiger partial charge is 0.374 e. The average molecular weight is 289 g/mol. The van der Waals surface area contributed by atoms with Gasteiger partial charge in [0, 0.05) is 18.7 Å². The Morgan fingerprint density at radius 1 is 1.24 bits per heavy atom. The summed E-state index contributed by atoms with van der Waals surface area (Å²) in [5, 5.41) is 3.61. The number of fused-ring (bicyclic) bond motifs is 5. The molecule has 1 heterocycles. The molecule has 21 heavy (non-hydrogen) atoms. The van der Waals surface area contributed by atoms with Crippen LogP contribution in [0.15, 0.2) is 6.07 Å². The maximum Gasteiger partial charge on any atom is 0.158 e. The molecule has 0 saturated heterocycles. The lowest BCUT2D eigenvalue weighted by molar-refractivity contribution is 0.128. The van der Waals surface area contributed by atoms with Crippen molar-refractivity contribution in [1.29, 1.82) is 0 Å². The van der Waals surface area contributed by atoms with Gasteiger partial charge in [0.25, 0.3) is 0 Å².